The van der Waals surface area contributed by atoms with Crippen LogP contribution in [0.3, 0.4) is 0 Å². The summed E-state index contributed by atoms with van der Waals surface area (Å²) in [4.78, 5) is 4.65. The van der Waals surface area contributed by atoms with Crippen LogP contribution in [0, 0.1) is 0 Å². The highest BCUT2D eigenvalue weighted by molar-refractivity contribution is 6.09. The molecule has 0 amide bonds. The van der Waals surface area contributed by atoms with Gasteiger partial charge < -0.3 is 19.0 Å². The summed E-state index contributed by atoms with van der Waals surface area (Å²) in [6.45, 7) is 4.68. The first-order chi connectivity index (χ1) is 30.0. The molecule has 4 nitrogen and oxygen atoms in total. The standard InChI is InChI=1S/C57H40N2O2/c1-57(2)49-19-8-6-15-45(49)46-33-32-43(36-50(46)57)58(42-30-25-38(26-31-42)44-17-12-18-48-47-16-7-10-21-53(47)61-56(44)48)41-28-23-37(24-29-41)39-27-34-52-55(35-39)60-54-22-11-9-20-51(54)59(52)40-13-4-3-5-14-40/h3-36H,1-2H3. The first kappa shape index (κ1) is 35.2. The number of nitrogens with zero attached hydrogens (tertiary/aromatic N) is 2. The van der Waals surface area contributed by atoms with Crippen molar-refractivity contribution in [3.8, 4) is 44.9 Å². The van der Waals surface area contributed by atoms with Crippen LogP contribution in [-0.4, -0.2) is 0 Å². The summed E-state index contributed by atoms with van der Waals surface area (Å²) in [5.74, 6) is 1.66. The number of rotatable bonds is 6. The topological polar surface area (TPSA) is 28.9 Å². The monoisotopic (exact) mass is 784 g/mol. The van der Waals surface area contributed by atoms with Crippen LogP contribution in [0.25, 0.3) is 55.3 Å². The summed E-state index contributed by atoms with van der Waals surface area (Å²) < 4.78 is 13.0. The van der Waals surface area contributed by atoms with Crippen LogP contribution in [0.1, 0.15) is 25.0 Å². The average Bonchev–Trinajstić information content (AvgIpc) is 3.81. The maximum absolute atomic E-state index is 6.57. The molecule has 0 bridgehead atoms. The summed E-state index contributed by atoms with van der Waals surface area (Å²) in [5.41, 5.74) is 17.8. The Bertz CT molecular complexity index is 3310. The largest absolute Gasteiger partial charge is 0.455 e. The number of hydrogen-bond acceptors (Lipinski definition) is 4. The zero-order valence-electron chi connectivity index (χ0n) is 33.8. The maximum atomic E-state index is 6.57. The van der Waals surface area contributed by atoms with Crippen molar-refractivity contribution >= 4 is 56.1 Å². The highest BCUT2D eigenvalue weighted by atomic mass is 16.5. The number of fused-ring (bicyclic) bond motifs is 8. The minimum Gasteiger partial charge on any atom is -0.455 e. The molecule has 0 radical (unpaired) electrons. The number of para-hydroxylation sites is 5. The van der Waals surface area contributed by atoms with Crippen molar-refractivity contribution in [1.82, 2.24) is 0 Å². The van der Waals surface area contributed by atoms with Gasteiger partial charge in [-0.2, -0.15) is 0 Å². The fourth-order valence-corrected chi connectivity index (χ4v) is 9.64. The summed E-state index contributed by atoms with van der Waals surface area (Å²) in [6, 6.07) is 73.5. The molecular weight excluding hydrogens is 745 g/mol. The van der Waals surface area contributed by atoms with E-state index in [2.05, 4.69) is 200 Å². The van der Waals surface area contributed by atoms with Gasteiger partial charge in [-0.3, -0.25) is 0 Å². The predicted molar refractivity (Wildman–Crippen MR) is 252 cm³/mol. The van der Waals surface area contributed by atoms with Crippen LogP contribution in [0.5, 0.6) is 11.5 Å². The molecule has 2 aliphatic rings. The molecule has 10 aromatic rings. The minimum absolute atomic E-state index is 0.127. The number of furan rings is 1. The molecule has 4 heteroatoms. The van der Waals surface area contributed by atoms with Gasteiger partial charge >= 0.3 is 0 Å². The Morgan fingerprint density at radius 3 is 1.89 bits per heavy atom. The summed E-state index contributed by atoms with van der Waals surface area (Å²) in [5, 5.41) is 2.26. The Kier molecular flexibility index (Phi) is 7.85. The molecule has 0 N–H and O–H groups in total. The van der Waals surface area contributed by atoms with Crippen molar-refractivity contribution in [1.29, 1.82) is 0 Å². The second-order valence-corrected chi connectivity index (χ2v) is 16.5. The van der Waals surface area contributed by atoms with Crippen molar-refractivity contribution in [2.75, 3.05) is 9.80 Å². The zero-order valence-corrected chi connectivity index (χ0v) is 33.8. The fourth-order valence-electron chi connectivity index (χ4n) is 9.64. The molecule has 0 saturated heterocycles. The maximum Gasteiger partial charge on any atom is 0.152 e. The second kappa shape index (κ2) is 13.6. The van der Waals surface area contributed by atoms with Crippen molar-refractivity contribution in [3.05, 3.63) is 217 Å². The zero-order chi connectivity index (χ0) is 40.7. The van der Waals surface area contributed by atoms with E-state index in [9.17, 15) is 0 Å². The normalized spacial score (nSPS) is 13.3. The molecular formula is C57H40N2O2. The van der Waals surface area contributed by atoms with E-state index in [-0.39, 0.29) is 5.41 Å². The van der Waals surface area contributed by atoms with Crippen molar-refractivity contribution in [2.45, 2.75) is 19.3 Å². The molecule has 2 heterocycles. The van der Waals surface area contributed by atoms with Crippen LogP contribution >= 0.6 is 0 Å². The van der Waals surface area contributed by atoms with E-state index < -0.39 is 0 Å². The lowest BCUT2D eigenvalue weighted by Crippen LogP contribution is -2.16. The first-order valence-corrected chi connectivity index (χ1v) is 20.9. The average molecular weight is 785 g/mol. The third-order valence-electron chi connectivity index (χ3n) is 12.7. The van der Waals surface area contributed by atoms with Gasteiger partial charge in [-0.25, -0.2) is 0 Å². The van der Waals surface area contributed by atoms with Crippen molar-refractivity contribution in [3.63, 3.8) is 0 Å². The number of benzene rings is 9. The van der Waals surface area contributed by atoms with Gasteiger partial charge in [0.1, 0.15) is 11.2 Å². The van der Waals surface area contributed by atoms with Crippen molar-refractivity contribution < 1.29 is 9.15 Å². The minimum atomic E-state index is -0.127. The van der Waals surface area contributed by atoms with Gasteiger partial charge in [0.2, 0.25) is 0 Å². The summed E-state index contributed by atoms with van der Waals surface area (Å²) in [6.07, 6.45) is 0. The third-order valence-corrected chi connectivity index (χ3v) is 12.7. The smallest absolute Gasteiger partial charge is 0.152 e. The Morgan fingerprint density at radius 2 is 1.05 bits per heavy atom. The van der Waals surface area contributed by atoms with E-state index in [0.29, 0.717) is 0 Å². The lowest BCUT2D eigenvalue weighted by atomic mass is 9.82. The Morgan fingerprint density at radius 1 is 0.426 bits per heavy atom. The van der Waals surface area contributed by atoms with Crippen LogP contribution < -0.4 is 14.5 Å². The van der Waals surface area contributed by atoms with E-state index in [0.717, 1.165) is 89.8 Å². The predicted octanol–water partition coefficient (Wildman–Crippen LogP) is 16.3. The molecule has 0 unspecified atom stereocenters. The molecule has 1 aliphatic heterocycles. The van der Waals surface area contributed by atoms with Gasteiger partial charge in [0.15, 0.2) is 11.5 Å². The van der Waals surface area contributed by atoms with E-state index in [1.807, 2.05) is 30.3 Å². The third kappa shape index (κ3) is 5.60. The lowest BCUT2D eigenvalue weighted by Gasteiger charge is -2.33. The molecule has 9 aromatic carbocycles. The van der Waals surface area contributed by atoms with Crippen LogP contribution in [0.2, 0.25) is 0 Å². The molecule has 1 aliphatic carbocycles. The van der Waals surface area contributed by atoms with Gasteiger partial charge in [-0.15, -0.1) is 0 Å². The van der Waals surface area contributed by atoms with E-state index in [4.69, 9.17) is 9.15 Å². The first-order valence-electron chi connectivity index (χ1n) is 20.9. The molecule has 0 saturated carbocycles. The molecule has 0 spiro atoms. The number of anilines is 6. The van der Waals surface area contributed by atoms with Crippen LogP contribution in [-0.2, 0) is 5.41 Å². The SMILES string of the molecule is CC1(C)c2ccccc2-c2ccc(N(c3ccc(-c4ccc5c(c4)Oc4ccccc4N5c4ccccc4)cc3)c3ccc(-c4cccc5c4oc4ccccc45)cc3)cc21. The highest BCUT2D eigenvalue weighted by Gasteiger charge is 2.36. The van der Waals surface area contributed by atoms with Gasteiger partial charge in [0.25, 0.3) is 0 Å². The second-order valence-electron chi connectivity index (χ2n) is 16.5. The fraction of sp³-hybridized carbons (Fsp3) is 0.0526. The number of ether oxygens (including phenoxy) is 1. The van der Waals surface area contributed by atoms with E-state index in [1.165, 1.54) is 22.3 Å². The highest BCUT2D eigenvalue weighted by Crippen LogP contribution is 2.53. The van der Waals surface area contributed by atoms with Gasteiger partial charge in [0.05, 0.1) is 11.4 Å². The quantitative estimate of drug-likeness (QED) is 0.168. The van der Waals surface area contributed by atoms with E-state index in [1.54, 1.807) is 0 Å². The van der Waals surface area contributed by atoms with Crippen LogP contribution in [0.15, 0.2) is 211 Å². The summed E-state index contributed by atoms with van der Waals surface area (Å²) in [7, 11) is 0. The number of hydrogen-bond donors (Lipinski definition) is 0. The molecule has 61 heavy (non-hydrogen) atoms. The van der Waals surface area contributed by atoms with Gasteiger partial charge in [-0.1, -0.05) is 141 Å². The molecule has 1 aromatic heterocycles. The van der Waals surface area contributed by atoms with Crippen LogP contribution in [0.4, 0.5) is 34.1 Å². The lowest BCUT2D eigenvalue weighted by molar-refractivity contribution is 0.477. The summed E-state index contributed by atoms with van der Waals surface area (Å²) >= 11 is 0. The molecule has 290 valence electrons. The Hall–Kier alpha value is -7.82. The van der Waals surface area contributed by atoms with E-state index >= 15 is 0 Å². The molecule has 12 rings (SSSR count). The van der Waals surface area contributed by atoms with Gasteiger partial charge in [-0.05, 0) is 118 Å². The van der Waals surface area contributed by atoms with Gasteiger partial charge in [0, 0.05) is 44.5 Å². The van der Waals surface area contributed by atoms with Crippen molar-refractivity contribution in [2.24, 2.45) is 0 Å². The molecule has 0 fully saturated rings. The Labute approximate surface area is 355 Å². The Balaban J connectivity index is 0.939. The molecule has 0 atom stereocenters.